The summed E-state index contributed by atoms with van der Waals surface area (Å²) in [6, 6.07) is 4.19. The Hall–Kier alpha value is -2.15. The van der Waals surface area contributed by atoms with E-state index in [9.17, 15) is 14.9 Å². The van der Waals surface area contributed by atoms with Crippen molar-refractivity contribution in [3.05, 3.63) is 33.9 Å². The molecule has 2 N–H and O–H groups in total. The minimum absolute atomic E-state index is 0.0300. The van der Waals surface area contributed by atoms with Crippen LogP contribution in [0.4, 0.5) is 11.4 Å². The van der Waals surface area contributed by atoms with E-state index in [-0.39, 0.29) is 16.9 Å². The average Bonchev–Trinajstić information content (AvgIpc) is 2.42. The molecule has 0 bridgehead atoms. The van der Waals surface area contributed by atoms with Crippen molar-refractivity contribution in [1.82, 2.24) is 4.90 Å². The molecular weight excluding hydrogens is 274 g/mol. The maximum Gasteiger partial charge on any atom is 0.335 e. The lowest BCUT2D eigenvalue weighted by Gasteiger charge is -2.20. The Morgan fingerprint density at radius 2 is 2.14 bits per heavy atom. The van der Waals surface area contributed by atoms with E-state index >= 15 is 0 Å². The second kappa shape index (κ2) is 7.58. The first-order chi connectivity index (χ1) is 9.82. The number of carbonyl (C=O) groups is 1. The van der Waals surface area contributed by atoms with Gasteiger partial charge in [0.25, 0.3) is 5.69 Å². The number of nitrogens with one attached hydrogen (secondary N) is 1. The molecule has 7 heteroatoms. The average molecular weight is 295 g/mol. The monoisotopic (exact) mass is 295 g/mol. The summed E-state index contributed by atoms with van der Waals surface area (Å²) in [4.78, 5) is 23.5. The normalized spacial score (nSPS) is 10.9. The number of carboxylic acids is 1. The van der Waals surface area contributed by atoms with Crippen LogP contribution in [0.3, 0.4) is 0 Å². The van der Waals surface area contributed by atoms with Gasteiger partial charge < -0.3 is 15.3 Å². The lowest BCUT2D eigenvalue weighted by atomic mass is 10.1. The number of nitro groups is 1. The molecule has 0 fully saturated rings. The molecule has 7 nitrogen and oxygen atoms in total. The number of nitro benzene ring substituents is 1. The lowest BCUT2D eigenvalue weighted by Crippen LogP contribution is -2.28. The van der Waals surface area contributed by atoms with Gasteiger partial charge in [-0.15, -0.1) is 0 Å². The van der Waals surface area contributed by atoms with Crippen LogP contribution >= 0.6 is 0 Å². The number of anilines is 1. The zero-order valence-electron chi connectivity index (χ0n) is 12.5. The zero-order chi connectivity index (χ0) is 16.0. The van der Waals surface area contributed by atoms with E-state index in [2.05, 4.69) is 24.1 Å². The molecule has 116 valence electrons. The predicted octanol–water partition coefficient (Wildman–Crippen LogP) is 2.44. The summed E-state index contributed by atoms with van der Waals surface area (Å²) < 4.78 is 0. The summed E-state index contributed by atoms with van der Waals surface area (Å²) in [5, 5.41) is 22.8. The smallest absolute Gasteiger partial charge is 0.335 e. The van der Waals surface area contributed by atoms with Crippen LogP contribution in [-0.4, -0.2) is 47.1 Å². The molecule has 0 aliphatic heterocycles. The third-order valence-corrected chi connectivity index (χ3v) is 3.32. The second-order valence-corrected chi connectivity index (χ2v) is 5.15. The summed E-state index contributed by atoms with van der Waals surface area (Å²) in [7, 11) is 2.01. The van der Waals surface area contributed by atoms with Crippen LogP contribution < -0.4 is 5.32 Å². The van der Waals surface area contributed by atoms with Crippen LogP contribution in [0.5, 0.6) is 0 Å². The predicted molar refractivity (Wildman–Crippen MR) is 80.9 cm³/mol. The molecule has 1 aromatic carbocycles. The molecule has 0 radical (unpaired) electrons. The van der Waals surface area contributed by atoms with Gasteiger partial charge in [0.05, 0.1) is 10.5 Å². The Balaban J connectivity index is 2.70. The molecule has 1 aromatic rings. The highest BCUT2D eigenvalue weighted by atomic mass is 16.6. The first-order valence-corrected chi connectivity index (χ1v) is 6.78. The minimum Gasteiger partial charge on any atom is -0.478 e. The summed E-state index contributed by atoms with van der Waals surface area (Å²) in [5.41, 5.74) is 0.159. The Bertz CT molecular complexity index is 517. The first-order valence-electron chi connectivity index (χ1n) is 6.78. The molecule has 0 saturated heterocycles. The van der Waals surface area contributed by atoms with Crippen molar-refractivity contribution in [3.8, 4) is 0 Å². The molecule has 0 atom stereocenters. The van der Waals surface area contributed by atoms with Crippen molar-refractivity contribution in [2.75, 3.05) is 25.5 Å². The molecule has 0 aliphatic carbocycles. The molecular formula is C14H21N3O4. The maximum absolute atomic E-state index is 10.9. The largest absolute Gasteiger partial charge is 0.478 e. The number of nitrogens with zero attached hydrogens (tertiary/aromatic N) is 2. The molecule has 0 heterocycles. The molecule has 0 aromatic heterocycles. The number of aromatic carboxylic acids is 1. The van der Waals surface area contributed by atoms with E-state index < -0.39 is 10.9 Å². The van der Waals surface area contributed by atoms with Crippen molar-refractivity contribution in [2.45, 2.75) is 26.3 Å². The lowest BCUT2D eigenvalue weighted by molar-refractivity contribution is -0.384. The number of hydrogen-bond acceptors (Lipinski definition) is 5. The maximum atomic E-state index is 10.9. The van der Waals surface area contributed by atoms with E-state index in [1.54, 1.807) is 0 Å². The number of rotatable bonds is 8. The van der Waals surface area contributed by atoms with E-state index in [1.807, 2.05) is 7.05 Å². The Kier molecular flexibility index (Phi) is 6.10. The van der Waals surface area contributed by atoms with Crippen molar-refractivity contribution >= 4 is 17.3 Å². The Labute approximate surface area is 123 Å². The molecule has 21 heavy (non-hydrogen) atoms. The van der Waals surface area contributed by atoms with Crippen molar-refractivity contribution < 1.29 is 14.8 Å². The fourth-order valence-corrected chi connectivity index (χ4v) is 1.78. The quantitative estimate of drug-likeness (QED) is 0.434. The van der Waals surface area contributed by atoms with Crippen molar-refractivity contribution in [1.29, 1.82) is 0 Å². The van der Waals surface area contributed by atoms with Gasteiger partial charge in [0, 0.05) is 18.7 Å². The summed E-state index contributed by atoms with van der Waals surface area (Å²) in [6.07, 6.45) is 0.809. The molecule has 0 unspecified atom stereocenters. The zero-order valence-corrected chi connectivity index (χ0v) is 12.5. The van der Waals surface area contributed by atoms with Crippen LogP contribution in [0.2, 0.25) is 0 Å². The van der Waals surface area contributed by atoms with Gasteiger partial charge in [-0.25, -0.2) is 4.79 Å². The molecule has 0 aliphatic rings. The first kappa shape index (κ1) is 16.9. The SMILES string of the molecule is CC(C)N(C)CCCNc1cc(C(=O)O)ccc1[N+](=O)[O-]. The highest BCUT2D eigenvalue weighted by Gasteiger charge is 2.16. The molecule has 0 amide bonds. The van der Waals surface area contributed by atoms with Crippen LogP contribution in [0, 0.1) is 10.1 Å². The van der Waals surface area contributed by atoms with Gasteiger partial charge in [-0.2, -0.15) is 0 Å². The van der Waals surface area contributed by atoms with Crippen LogP contribution in [0.15, 0.2) is 18.2 Å². The van der Waals surface area contributed by atoms with E-state index in [1.165, 1.54) is 18.2 Å². The highest BCUT2D eigenvalue weighted by Crippen LogP contribution is 2.25. The summed E-state index contributed by atoms with van der Waals surface area (Å²) in [5.74, 6) is -1.10. The van der Waals surface area contributed by atoms with Gasteiger partial charge in [0.15, 0.2) is 0 Å². The van der Waals surface area contributed by atoms with Crippen LogP contribution in [0.1, 0.15) is 30.6 Å². The standard InChI is InChI=1S/C14H21N3O4/c1-10(2)16(3)8-4-7-15-12-9-11(14(18)19)5-6-13(12)17(20)21/h5-6,9-10,15H,4,7-8H2,1-3H3,(H,18,19). The highest BCUT2D eigenvalue weighted by molar-refractivity contribution is 5.90. The Morgan fingerprint density at radius 1 is 1.48 bits per heavy atom. The van der Waals surface area contributed by atoms with Gasteiger partial charge in [-0.05, 0) is 46.0 Å². The van der Waals surface area contributed by atoms with Gasteiger partial charge >= 0.3 is 5.97 Å². The minimum atomic E-state index is -1.10. The van der Waals surface area contributed by atoms with Crippen LogP contribution in [0.25, 0.3) is 0 Å². The summed E-state index contributed by atoms with van der Waals surface area (Å²) in [6.45, 7) is 5.58. The number of carboxylic acid groups (broad SMARTS) is 1. The van der Waals surface area contributed by atoms with E-state index in [4.69, 9.17) is 5.11 Å². The van der Waals surface area contributed by atoms with Crippen LogP contribution in [-0.2, 0) is 0 Å². The fourth-order valence-electron chi connectivity index (χ4n) is 1.78. The number of benzene rings is 1. The van der Waals surface area contributed by atoms with Crippen molar-refractivity contribution in [3.63, 3.8) is 0 Å². The van der Waals surface area contributed by atoms with E-state index in [0.29, 0.717) is 12.6 Å². The third-order valence-electron chi connectivity index (χ3n) is 3.32. The van der Waals surface area contributed by atoms with E-state index in [0.717, 1.165) is 13.0 Å². The van der Waals surface area contributed by atoms with Gasteiger partial charge in [0.1, 0.15) is 5.69 Å². The topological polar surface area (TPSA) is 95.7 Å². The Morgan fingerprint density at radius 3 is 2.67 bits per heavy atom. The second-order valence-electron chi connectivity index (χ2n) is 5.15. The van der Waals surface area contributed by atoms with Gasteiger partial charge in [0.2, 0.25) is 0 Å². The number of hydrogen-bond donors (Lipinski definition) is 2. The third kappa shape index (κ3) is 5.03. The summed E-state index contributed by atoms with van der Waals surface area (Å²) >= 11 is 0. The van der Waals surface area contributed by atoms with Crippen molar-refractivity contribution in [2.24, 2.45) is 0 Å². The van der Waals surface area contributed by atoms with Gasteiger partial charge in [-0.3, -0.25) is 10.1 Å². The fraction of sp³-hybridized carbons (Fsp3) is 0.500. The molecule has 1 rings (SSSR count). The van der Waals surface area contributed by atoms with Gasteiger partial charge in [-0.1, -0.05) is 0 Å². The molecule has 0 saturated carbocycles. The molecule has 0 spiro atoms.